The molecule has 24 heavy (non-hydrogen) atoms. The van der Waals surface area contributed by atoms with Crippen LogP contribution < -0.4 is 15.2 Å². The van der Waals surface area contributed by atoms with E-state index in [4.69, 9.17) is 15.2 Å². The molecule has 3 rings (SSSR count). The molecule has 124 valence electrons. The molecule has 1 aromatic carbocycles. The van der Waals surface area contributed by atoms with E-state index >= 15 is 0 Å². The molecular formula is C18H20N4O2. The van der Waals surface area contributed by atoms with Crippen molar-refractivity contribution in [3.8, 4) is 17.7 Å². The molecular weight excluding hydrogens is 304 g/mol. The Balaban J connectivity index is 2.22. The van der Waals surface area contributed by atoms with Crippen LogP contribution in [0.15, 0.2) is 35.7 Å². The van der Waals surface area contributed by atoms with Gasteiger partial charge in [0.2, 0.25) is 11.8 Å². The highest BCUT2D eigenvalue weighted by Crippen LogP contribution is 2.45. The summed E-state index contributed by atoms with van der Waals surface area (Å²) in [5.74, 6) is 0.956. The fourth-order valence-corrected chi connectivity index (χ4v) is 2.95. The molecule has 1 aromatic heterocycles. The second kappa shape index (κ2) is 5.60. The van der Waals surface area contributed by atoms with Crippen LogP contribution in [0.25, 0.3) is 0 Å². The van der Waals surface area contributed by atoms with Crippen molar-refractivity contribution in [3.05, 3.63) is 52.5 Å². The minimum atomic E-state index is -0.322. The summed E-state index contributed by atoms with van der Waals surface area (Å²) in [6.07, 6.45) is 0. The van der Waals surface area contributed by atoms with Gasteiger partial charge in [-0.25, -0.2) is 0 Å². The molecule has 3 N–H and O–H groups in total. The van der Waals surface area contributed by atoms with E-state index in [1.54, 1.807) is 7.11 Å². The maximum Gasteiger partial charge on any atom is 0.244 e. The summed E-state index contributed by atoms with van der Waals surface area (Å²) in [6, 6.07) is 9.80. The van der Waals surface area contributed by atoms with Crippen molar-refractivity contribution in [1.82, 2.24) is 10.2 Å². The molecule has 0 aliphatic carbocycles. The number of rotatable bonds is 2. The van der Waals surface area contributed by atoms with Crippen LogP contribution in [-0.2, 0) is 5.41 Å². The van der Waals surface area contributed by atoms with E-state index in [-0.39, 0.29) is 17.2 Å². The van der Waals surface area contributed by atoms with Crippen molar-refractivity contribution in [2.75, 3.05) is 7.11 Å². The molecule has 0 radical (unpaired) electrons. The zero-order chi connectivity index (χ0) is 17.5. The fraction of sp³-hybridized carbons (Fsp3) is 0.333. The van der Waals surface area contributed by atoms with Gasteiger partial charge in [-0.2, -0.15) is 5.26 Å². The number of fused-ring (bicyclic) bond motifs is 1. The van der Waals surface area contributed by atoms with Crippen molar-refractivity contribution in [2.45, 2.75) is 32.1 Å². The van der Waals surface area contributed by atoms with Gasteiger partial charge in [-0.05, 0) is 17.7 Å². The van der Waals surface area contributed by atoms with Crippen LogP contribution in [0.4, 0.5) is 0 Å². The second-order valence-electron chi connectivity index (χ2n) is 6.77. The molecule has 1 aliphatic heterocycles. The lowest BCUT2D eigenvalue weighted by atomic mass is 9.79. The number of aromatic amines is 1. The van der Waals surface area contributed by atoms with Gasteiger partial charge in [-0.15, -0.1) is 5.10 Å². The van der Waals surface area contributed by atoms with Crippen molar-refractivity contribution in [1.29, 1.82) is 5.26 Å². The average Bonchev–Trinajstić information content (AvgIpc) is 2.97. The number of ether oxygens (including phenoxy) is 2. The summed E-state index contributed by atoms with van der Waals surface area (Å²) in [4.78, 5) is 0. The van der Waals surface area contributed by atoms with E-state index in [1.807, 2.05) is 24.3 Å². The Labute approximate surface area is 140 Å². The Bertz CT molecular complexity index is 835. The Hall–Kier alpha value is -2.94. The normalized spacial score (nSPS) is 17.0. The molecule has 2 heterocycles. The van der Waals surface area contributed by atoms with Gasteiger partial charge in [-0.1, -0.05) is 32.9 Å². The summed E-state index contributed by atoms with van der Waals surface area (Å²) < 4.78 is 10.8. The lowest BCUT2D eigenvalue weighted by Gasteiger charge is -2.27. The SMILES string of the molecule is COc1ccc(C2C(C#N)=C(N)Oc3n[nH]c(C(C)(C)C)c32)cc1. The smallest absolute Gasteiger partial charge is 0.244 e. The molecule has 0 spiro atoms. The first-order chi connectivity index (χ1) is 11.4. The third-order valence-electron chi connectivity index (χ3n) is 4.14. The van der Waals surface area contributed by atoms with E-state index in [9.17, 15) is 5.26 Å². The van der Waals surface area contributed by atoms with Gasteiger partial charge in [0.25, 0.3) is 0 Å². The molecule has 0 bridgehead atoms. The van der Waals surface area contributed by atoms with Gasteiger partial charge in [0.05, 0.1) is 18.6 Å². The highest BCUT2D eigenvalue weighted by atomic mass is 16.5. The number of methoxy groups -OCH3 is 1. The standard InChI is InChI=1S/C18H20N4O2/c1-18(2,3)15-14-13(10-5-7-11(23-4)8-6-10)12(9-19)16(20)24-17(14)22-21-15/h5-8,13H,20H2,1-4H3,(H,21,22). The maximum absolute atomic E-state index is 9.63. The van der Waals surface area contributed by atoms with E-state index in [0.717, 1.165) is 22.6 Å². The molecule has 0 fully saturated rings. The predicted molar refractivity (Wildman–Crippen MR) is 89.6 cm³/mol. The minimum Gasteiger partial charge on any atom is -0.497 e. The van der Waals surface area contributed by atoms with E-state index in [0.29, 0.717) is 11.5 Å². The summed E-state index contributed by atoms with van der Waals surface area (Å²) in [5, 5.41) is 16.9. The van der Waals surface area contributed by atoms with E-state index in [1.165, 1.54) is 0 Å². The summed E-state index contributed by atoms with van der Waals surface area (Å²) in [7, 11) is 1.62. The molecule has 6 nitrogen and oxygen atoms in total. The number of nitrogens with one attached hydrogen (secondary N) is 1. The zero-order valence-corrected chi connectivity index (χ0v) is 14.2. The molecule has 0 saturated heterocycles. The Morgan fingerprint density at radius 3 is 2.50 bits per heavy atom. The molecule has 1 unspecified atom stereocenters. The van der Waals surface area contributed by atoms with Crippen molar-refractivity contribution in [2.24, 2.45) is 5.73 Å². The topological polar surface area (TPSA) is 96.9 Å². The zero-order valence-electron chi connectivity index (χ0n) is 14.2. The van der Waals surface area contributed by atoms with Gasteiger partial charge < -0.3 is 15.2 Å². The average molecular weight is 324 g/mol. The maximum atomic E-state index is 9.63. The van der Waals surface area contributed by atoms with Crippen LogP contribution in [-0.4, -0.2) is 17.3 Å². The molecule has 1 atom stereocenters. The highest BCUT2D eigenvalue weighted by Gasteiger charge is 2.37. The van der Waals surface area contributed by atoms with Crippen LogP contribution in [0.3, 0.4) is 0 Å². The van der Waals surface area contributed by atoms with E-state index in [2.05, 4.69) is 37.0 Å². The Morgan fingerprint density at radius 1 is 1.29 bits per heavy atom. The number of hydrogen-bond donors (Lipinski definition) is 2. The van der Waals surface area contributed by atoms with Crippen LogP contribution in [0.2, 0.25) is 0 Å². The first kappa shape index (κ1) is 15.9. The van der Waals surface area contributed by atoms with E-state index < -0.39 is 0 Å². The lowest BCUT2D eigenvalue weighted by Crippen LogP contribution is -2.23. The quantitative estimate of drug-likeness (QED) is 0.885. The number of nitrogens with zero attached hydrogens (tertiary/aromatic N) is 2. The monoisotopic (exact) mass is 324 g/mol. The number of aromatic nitrogens is 2. The van der Waals surface area contributed by atoms with Crippen molar-refractivity contribution < 1.29 is 9.47 Å². The fourth-order valence-electron chi connectivity index (χ4n) is 2.95. The number of benzene rings is 1. The van der Waals surface area contributed by atoms with Crippen LogP contribution in [0.1, 0.15) is 43.5 Å². The van der Waals surface area contributed by atoms with Gasteiger partial charge in [0.15, 0.2) is 0 Å². The summed E-state index contributed by atoms with van der Waals surface area (Å²) >= 11 is 0. The molecule has 0 amide bonds. The summed E-state index contributed by atoms with van der Waals surface area (Å²) in [5.41, 5.74) is 8.90. The van der Waals surface area contributed by atoms with Crippen molar-refractivity contribution in [3.63, 3.8) is 0 Å². The van der Waals surface area contributed by atoms with Gasteiger partial charge >= 0.3 is 0 Å². The van der Waals surface area contributed by atoms with Gasteiger partial charge in [-0.3, -0.25) is 5.10 Å². The number of H-pyrrole nitrogens is 1. The Kier molecular flexibility index (Phi) is 3.72. The Morgan fingerprint density at radius 2 is 1.96 bits per heavy atom. The number of allylic oxidation sites excluding steroid dienone is 1. The molecule has 0 saturated carbocycles. The first-order valence-electron chi connectivity index (χ1n) is 7.67. The third kappa shape index (κ3) is 2.48. The number of nitrogens with two attached hydrogens (primary N) is 1. The largest absolute Gasteiger partial charge is 0.497 e. The molecule has 2 aromatic rings. The minimum absolute atomic E-state index is 0.0952. The molecule has 6 heteroatoms. The van der Waals surface area contributed by atoms with Gasteiger partial charge in [0, 0.05) is 11.1 Å². The number of nitriles is 1. The lowest BCUT2D eigenvalue weighted by molar-refractivity contribution is 0.378. The van der Waals surface area contributed by atoms with Crippen LogP contribution >= 0.6 is 0 Å². The van der Waals surface area contributed by atoms with Crippen LogP contribution in [0, 0.1) is 11.3 Å². The number of hydrogen-bond acceptors (Lipinski definition) is 5. The molecule has 1 aliphatic rings. The summed E-state index contributed by atoms with van der Waals surface area (Å²) in [6.45, 7) is 6.25. The highest BCUT2D eigenvalue weighted by molar-refractivity contribution is 5.56. The third-order valence-corrected chi connectivity index (χ3v) is 4.14. The first-order valence-corrected chi connectivity index (χ1v) is 7.67. The van der Waals surface area contributed by atoms with Crippen LogP contribution in [0.5, 0.6) is 11.6 Å². The second-order valence-corrected chi connectivity index (χ2v) is 6.77. The van der Waals surface area contributed by atoms with Crippen molar-refractivity contribution >= 4 is 0 Å². The van der Waals surface area contributed by atoms with Gasteiger partial charge in [0.1, 0.15) is 17.4 Å². The predicted octanol–water partition coefficient (Wildman–Crippen LogP) is 2.93.